The van der Waals surface area contributed by atoms with Crippen molar-refractivity contribution in [3.63, 3.8) is 0 Å². The van der Waals surface area contributed by atoms with Crippen molar-refractivity contribution in [2.24, 2.45) is 0 Å². The highest BCUT2D eigenvalue weighted by molar-refractivity contribution is 7.11. The molecule has 7 heteroatoms. The number of aryl methyl sites for hydroxylation is 2. The first-order valence-electron chi connectivity index (χ1n) is 6.29. The highest BCUT2D eigenvalue weighted by Crippen LogP contribution is 2.23. The molecule has 0 saturated heterocycles. The summed E-state index contributed by atoms with van der Waals surface area (Å²) in [7, 11) is 0. The predicted molar refractivity (Wildman–Crippen MR) is 70.4 cm³/mol. The molecular formula is C12H20F3N3S. The van der Waals surface area contributed by atoms with Gasteiger partial charge in [-0.3, -0.25) is 0 Å². The lowest BCUT2D eigenvalue weighted by Crippen LogP contribution is -2.36. The molecule has 0 unspecified atom stereocenters. The Kier molecular flexibility index (Phi) is 5.73. The van der Waals surface area contributed by atoms with Crippen LogP contribution in [0.2, 0.25) is 0 Å². The zero-order valence-corrected chi connectivity index (χ0v) is 12.3. The summed E-state index contributed by atoms with van der Waals surface area (Å²) in [5.74, 6) is 0. The molecule has 0 radical (unpaired) electrons. The first-order valence-corrected chi connectivity index (χ1v) is 7.10. The van der Waals surface area contributed by atoms with Gasteiger partial charge >= 0.3 is 6.18 Å². The van der Waals surface area contributed by atoms with E-state index in [0.717, 1.165) is 24.4 Å². The van der Waals surface area contributed by atoms with E-state index in [1.807, 2.05) is 0 Å². The molecular weight excluding hydrogens is 275 g/mol. The van der Waals surface area contributed by atoms with Crippen molar-refractivity contribution in [1.29, 1.82) is 0 Å². The third-order valence-electron chi connectivity index (χ3n) is 2.35. The molecule has 1 aromatic heterocycles. The van der Waals surface area contributed by atoms with Crippen molar-refractivity contribution in [1.82, 2.24) is 15.5 Å². The first kappa shape index (κ1) is 16.4. The topological polar surface area (TPSA) is 37.8 Å². The number of hydrogen-bond donors (Lipinski definition) is 1. The molecule has 1 N–H and O–H groups in total. The van der Waals surface area contributed by atoms with E-state index in [2.05, 4.69) is 36.3 Å². The Hall–Kier alpha value is -0.690. The fourth-order valence-corrected chi connectivity index (χ4v) is 2.33. The average molecular weight is 295 g/mol. The van der Waals surface area contributed by atoms with Gasteiger partial charge in [-0.2, -0.15) is 13.2 Å². The maximum atomic E-state index is 12.1. The zero-order valence-electron chi connectivity index (χ0n) is 11.5. The van der Waals surface area contributed by atoms with E-state index < -0.39 is 12.6 Å². The summed E-state index contributed by atoms with van der Waals surface area (Å²) in [5.41, 5.74) is 0.0823. The van der Waals surface area contributed by atoms with Gasteiger partial charge in [-0.05, 0) is 33.7 Å². The number of rotatable bonds is 6. The predicted octanol–water partition coefficient (Wildman–Crippen LogP) is 3.35. The van der Waals surface area contributed by atoms with E-state index in [4.69, 9.17) is 0 Å². The second-order valence-corrected chi connectivity index (χ2v) is 6.63. The molecule has 0 aromatic carbocycles. The number of halogens is 3. The molecule has 1 rings (SSSR count). The molecule has 0 bridgehead atoms. The van der Waals surface area contributed by atoms with Crippen LogP contribution in [0.25, 0.3) is 0 Å². The van der Waals surface area contributed by atoms with Gasteiger partial charge in [-0.15, -0.1) is 21.5 Å². The summed E-state index contributed by atoms with van der Waals surface area (Å²) in [4.78, 5) is 0. The Morgan fingerprint density at radius 3 is 2.16 bits per heavy atom. The van der Waals surface area contributed by atoms with Gasteiger partial charge in [0, 0.05) is 24.8 Å². The van der Waals surface area contributed by atoms with E-state index in [1.165, 1.54) is 11.3 Å². The molecule has 1 aromatic rings. The summed E-state index contributed by atoms with van der Waals surface area (Å²) >= 11 is 1.28. The average Bonchev–Trinajstić information content (AvgIpc) is 2.67. The summed E-state index contributed by atoms with van der Waals surface area (Å²) in [6.45, 7) is 7.13. The monoisotopic (exact) mass is 295 g/mol. The Labute approximate surface area is 115 Å². The minimum Gasteiger partial charge on any atom is -0.312 e. The Balaban J connectivity index is 2.27. The van der Waals surface area contributed by atoms with Crippen molar-refractivity contribution in [2.75, 3.05) is 6.54 Å². The number of nitrogens with zero attached hydrogens (tertiary/aromatic N) is 2. The molecule has 0 aliphatic heterocycles. The van der Waals surface area contributed by atoms with Gasteiger partial charge in [0.2, 0.25) is 0 Å². The van der Waals surface area contributed by atoms with Crippen molar-refractivity contribution in [2.45, 2.75) is 58.2 Å². The van der Waals surface area contributed by atoms with Crippen molar-refractivity contribution in [3.8, 4) is 0 Å². The Bertz CT molecular complexity index is 382. The van der Waals surface area contributed by atoms with Crippen molar-refractivity contribution in [3.05, 3.63) is 10.0 Å². The lowest BCUT2D eigenvalue weighted by Gasteiger charge is -2.20. The SMILES string of the molecule is CC(C)(C)NCCCc1nnc(CCC(F)(F)F)s1. The van der Waals surface area contributed by atoms with Crippen LogP contribution in [0.5, 0.6) is 0 Å². The van der Waals surface area contributed by atoms with E-state index in [1.54, 1.807) is 0 Å². The molecule has 0 spiro atoms. The van der Waals surface area contributed by atoms with E-state index in [9.17, 15) is 13.2 Å². The molecule has 0 aliphatic rings. The van der Waals surface area contributed by atoms with E-state index in [-0.39, 0.29) is 12.0 Å². The maximum absolute atomic E-state index is 12.1. The fourth-order valence-electron chi connectivity index (χ4n) is 1.44. The van der Waals surface area contributed by atoms with Crippen LogP contribution in [0.4, 0.5) is 13.2 Å². The Morgan fingerprint density at radius 1 is 1.05 bits per heavy atom. The minimum atomic E-state index is -4.12. The van der Waals surface area contributed by atoms with Crippen molar-refractivity contribution < 1.29 is 13.2 Å². The third-order valence-corrected chi connectivity index (χ3v) is 3.40. The number of aromatic nitrogens is 2. The number of alkyl halides is 3. The van der Waals surface area contributed by atoms with Gasteiger partial charge < -0.3 is 5.32 Å². The third kappa shape index (κ3) is 8.15. The quantitative estimate of drug-likeness (QED) is 0.818. The van der Waals surface area contributed by atoms with Gasteiger partial charge in [0.25, 0.3) is 0 Å². The molecule has 0 amide bonds. The van der Waals surface area contributed by atoms with Crippen LogP contribution in [0.3, 0.4) is 0 Å². The second-order valence-electron chi connectivity index (χ2n) is 5.49. The van der Waals surface area contributed by atoms with E-state index in [0.29, 0.717) is 5.01 Å². The van der Waals surface area contributed by atoms with Gasteiger partial charge in [0.05, 0.1) is 0 Å². The zero-order chi connectivity index (χ0) is 14.5. The van der Waals surface area contributed by atoms with Crippen LogP contribution in [0, 0.1) is 0 Å². The largest absolute Gasteiger partial charge is 0.389 e. The van der Waals surface area contributed by atoms with Gasteiger partial charge in [0.15, 0.2) is 0 Å². The smallest absolute Gasteiger partial charge is 0.312 e. The minimum absolute atomic E-state index is 0.0680. The Morgan fingerprint density at radius 2 is 1.63 bits per heavy atom. The summed E-state index contributed by atoms with van der Waals surface area (Å²) < 4.78 is 36.2. The van der Waals surface area contributed by atoms with E-state index >= 15 is 0 Å². The molecule has 0 saturated carbocycles. The first-order chi connectivity index (χ1) is 8.66. The molecule has 3 nitrogen and oxygen atoms in total. The maximum Gasteiger partial charge on any atom is 0.389 e. The lowest BCUT2D eigenvalue weighted by atomic mass is 10.1. The molecule has 0 aliphatic carbocycles. The van der Waals surface area contributed by atoms with Gasteiger partial charge in [-0.25, -0.2) is 0 Å². The summed E-state index contributed by atoms with van der Waals surface area (Å²) in [6.07, 6.45) is -3.35. The number of nitrogens with one attached hydrogen (secondary N) is 1. The van der Waals surface area contributed by atoms with Crippen LogP contribution in [-0.2, 0) is 12.8 Å². The summed E-state index contributed by atoms with van der Waals surface area (Å²) in [5, 5.41) is 12.4. The normalized spacial score (nSPS) is 12.9. The van der Waals surface area contributed by atoms with Crippen molar-refractivity contribution >= 4 is 11.3 Å². The van der Waals surface area contributed by atoms with Crippen LogP contribution in [0.15, 0.2) is 0 Å². The molecule has 110 valence electrons. The standard InChI is InChI=1S/C12H20F3N3S/c1-11(2,3)16-8-4-5-9-17-18-10(19-9)6-7-12(13,14)15/h16H,4-8H2,1-3H3. The van der Waals surface area contributed by atoms with Gasteiger partial charge in [-0.1, -0.05) is 0 Å². The summed E-state index contributed by atoms with van der Waals surface area (Å²) in [6, 6.07) is 0. The van der Waals surface area contributed by atoms with Crippen LogP contribution in [0.1, 0.15) is 43.6 Å². The lowest BCUT2D eigenvalue weighted by molar-refractivity contribution is -0.134. The number of hydrogen-bond acceptors (Lipinski definition) is 4. The second kappa shape index (κ2) is 6.65. The molecule has 1 heterocycles. The molecule has 19 heavy (non-hydrogen) atoms. The highest BCUT2D eigenvalue weighted by Gasteiger charge is 2.27. The molecule has 0 fully saturated rings. The van der Waals surface area contributed by atoms with Crippen LogP contribution in [-0.4, -0.2) is 28.5 Å². The van der Waals surface area contributed by atoms with Crippen LogP contribution >= 0.6 is 11.3 Å². The van der Waals surface area contributed by atoms with Crippen LogP contribution < -0.4 is 5.32 Å². The highest BCUT2D eigenvalue weighted by atomic mass is 32.1. The molecule has 0 atom stereocenters. The fraction of sp³-hybridized carbons (Fsp3) is 0.833. The van der Waals surface area contributed by atoms with Gasteiger partial charge in [0.1, 0.15) is 10.0 Å².